The monoisotopic (exact) mass is 475 g/mol. The van der Waals surface area contributed by atoms with Crippen LogP contribution >= 0.6 is 0 Å². The van der Waals surface area contributed by atoms with Crippen LogP contribution < -0.4 is 4.74 Å². The molecule has 2 aromatic carbocycles. The molecule has 0 spiro atoms. The van der Waals surface area contributed by atoms with Gasteiger partial charge in [0.05, 0.1) is 16.4 Å². The molecular formula is C23H25NO8S. The normalized spacial score (nSPS) is 17.2. The average Bonchev–Trinajstić information content (AvgIpc) is 3.30. The summed E-state index contributed by atoms with van der Waals surface area (Å²) in [7, 11) is -4.03. The Balaban J connectivity index is 1.66. The lowest BCUT2D eigenvalue weighted by atomic mass is 10.1. The predicted molar refractivity (Wildman–Crippen MR) is 117 cm³/mol. The number of ether oxygens (including phenoxy) is 3. The summed E-state index contributed by atoms with van der Waals surface area (Å²) in [6.45, 7) is 3.26. The van der Waals surface area contributed by atoms with Gasteiger partial charge < -0.3 is 14.2 Å². The van der Waals surface area contributed by atoms with E-state index in [1.54, 1.807) is 26.0 Å². The lowest BCUT2D eigenvalue weighted by Gasteiger charge is -2.28. The quantitative estimate of drug-likeness (QED) is 0.350. The van der Waals surface area contributed by atoms with Gasteiger partial charge in [0.25, 0.3) is 5.69 Å². The van der Waals surface area contributed by atoms with Gasteiger partial charge in [0, 0.05) is 23.3 Å². The van der Waals surface area contributed by atoms with Crippen LogP contribution in [0.2, 0.25) is 0 Å². The van der Waals surface area contributed by atoms with Crippen molar-refractivity contribution in [3.8, 4) is 5.75 Å². The van der Waals surface area contributed by atoms with E-state index in [0.29, 0.717) is 35.3 Å². The van der Waals surface area contributed by atoms with Crippen LogP contribution in [0.25, 0.3) is 0 Å². The highest BCUT2D eigenvalue weighted by Gasteiger charge is 2.54. The Hall–Kier alpha value is -2.98. The second-order valence-electron chi connectivity index (χ2n) is 8.51. The maximum atomic E-state index is 13.7. The molecular weight excluding hydrogens is 450 g/mol. The van der Waals surface area contributed by atoms with Gasteiger partial charge in [0.15, 0.2) is 21.4 Å². The topological polar surface area (TPSA) is 122 Å². The maximum Gasteiger partial charge on any atom is 0.328 e. The number of carbonyl (C=O) groups is 1. The third-order valence-electron chi connectivity index (χ3n) is 6.27. The van der Waals surface area contributed by atoms with Gasteiger partial charge in [-0.15, -0.1) is 0 Å². The van der Waals surface area contributed by atoms with Crippen molar-refractivity contribution in [2.75, 3.05) is 6.79 Å². The second kappa shape index (κ2) is 8.75. The summed E-state index contributed by atoms with van der Waals surface area (Å²) < 4.78 is 42.0. The predicted octanol–water partition coefficient (Wildman–Crippen LogP) is 3.91. The third-order valence-corrected chi connectivity index (χ3v) is 8.89. The molecule has 0 saturated heterocycles. The van der Waals surface area contributed by atoms with Gasteiger partial charge in [-0.3, -0.25) is 14.9 Å². The largest absolute Gasteiger partial charge is 0.467 e. The molecule has 9 nitrogen and oxygen atoms in total. The molecule has 0 unspecified atom stereocenters. The molecule has 10 heteroatoms. The molecule has 1 aliphatic heterocycles. The molecule has 1 saturated carbocycles. The van der Waals surface area contributed by atoms with Gasteiger partial charge in [-0.1, -0.05) is 25.0 Å². The fourth-order valence-corrected chi connectivity index (χ4v) is 6.86. The van der Waals surface area contributed by atoms with E-state index in [0.717, 1.165) is 5.56 Å². The van der Waals surface area contributed by atoms with Gasteiger partial charge in [-0.05, 0) is 43.9 Å². The van der Waals surface area contributed by atoms with Crippen molar-refractivity contribution in [3.63, 3.8) is 0 Å². The van der Waals surface area contributed by atoms with E-state index in [1.807, 2.05) is 6.07 Å². The summed E-state index contributed by atoms with van der Waals surface area (Å²) in [5, 5.41) is 11.3. The van der Waals surface area contributed by atoms with Crippen LogP contribution in [-0.2, 0) is 37.3 Å². The van der Waals surface area contributed by atoms with Crippen molar-refractivity contribution in [3.05, 3.63) is 62.7 Å². The number of benzene rings is 2. The second-order valence-corrected chi connectivity index (χ2v) is 10.7. The first-order chi connectivity index (χ1) is 15.7. The summed E-state index contributed by atoms with van der Waals surface area (Å²) in [5.74, 6) is -0.481. The van der Waals surface area contributed by atoms with Crippen LogP contribution in [0.15, 0.2) is 35.2 Å². The smallest absolute Gasteiger partial charge is 0.328 e. The highest BCUT2D eigenvalue weighted by atomic mass is 32.2. The molecule has 0 bridgehead atoms. The highest BCUT2D eigenvalue weighted by Crippen LogP contribution is 2.43. The number of rotatable bonds is 6. The summed E-state index contributed by atoms with van der Waals surface area (Å²) in [4.78, 5) is 24.2. The first-order valence-corrected chi connectivity index (χ1v) is 12.1. The Bertz CT molecular complexity index is 1220. The first kappa shape index (κ1) is 23.2. The van der Waals surface area contributed by atoms with Crippen LogP contribution in [0, 0.1) is 24.0 Å². The number of non-ortho nitro benzene ring substituents is 1. The van der Waals surface area contributed by atoms with Crippen molar-refractivity contribution < 1.29 is 32.3 Å². The highest BCUT2D eigenvalue weighted by molar-refractivity contribution is 7.93. The summed E-state index contributed by atoms with van der Waals surface area (Å²) in [6.07, 6.45) is 1.51. The molecule has 2 aromatic rings. The molecule has 0 N–H and O–H groups in total. The zero-order valence-corrected chi connectivity index (χ0v) is 19.3. The Labute approximate surface area is 191 Å². The van der Waals surface area contributed by atoms with E-state index in [-0.39, 0.29) is 43.4 Å². The van der Waals surface area contributed by atoms with Gasteiger partial charge in [0.2, 0.25) is 0 Å². The number of nitro groups is 1. The Morgan fingerprint density at radius 1 is 1.18 bits per heavy atom. The van der Waals surface area contributed by atoms with Crippen molar-refractivity contribution >= 4 is 21.5 Å². The molecule has 1 fully saturated rings. The SMILES string of the molecule is Cc1ccc(C)c(S(=O)(=O)C2(C(=O)OCc3cc([N+](=O)[O-])cc4c3OCOC4)CCCC2)c1. The van der Waals surface area contributed by atoms with Crippen LogP contribution in [0.4, 0.5) is 5.69 Å². The molecule has 1 heterocycles. The van der Waals surface area contributed by atoms with Gasteiger partial charge in [0.1, 0.15) is 12.4 Å². The van der Waals surface area contributed by atoms with Crippen molar-refractivity contribution in [2.45, 2.75) is 62.4 Å². The van der Waals surface area contributed by atoms with Crippen LogP contribution in [-0.4, -0.2) is 30.9 Å². The number of nitro benzene ring substituents is 1. The number of nitrogens with zero attached hydrogens (tertiary/aromatic N) is 1. The van der Waals surface area contributed by atoms with Crippen LogP contribution in [0.5, 0.6) is 5.75 Å². The van der Waals surface area contributed by atoms with Crippen molar-refractivity contribution in [2.24, 2.45) is 0 Å². The molecule has 33 heavy (non-hydrogen) atoms. The minimum atomic E-state index is -4.03. The van der Waals surface area contributed by atoms with E-state index < -0.39 is 25.5 Å². The van der Waals surface area contributed by atoms with E-state index >= 15 is 0 Å². The van der Waals surface area contributed by atoms with Gasteiger partial charge >= 0.3 is 5.97 Å². The molecule has 1 aliphatic carbocycles. The zero-order valence-electron chi connectivity index (χ0n) is 18.5. The fourth-order valence-electron chi connectivity index (χ4n) is 4.50. The van der Waals surface area contributed by atoms with Gasteiger partial charge in [-0.25, -0.2) is 8.42 Å². The lowest BCUT2D eigenvalue weighted by Crippen LogP contribution is -2.45. The standard InChI is InChI=1S/C23H25NO8S/c1-15-5-6-16(2)20(9-15)33(28,29)23(7-3-4-8-23)22(25)31-13-18-11-19(24(26)27)10-17-12-30-14-32-21(17)18/h5-6,9-11H,3-4,7-8,12-14H2,1-2H3. The Morgan fingerprint density at radius 3 is 2.61 bits per heavy atom. The molecule has 0 amide bonds. The van der Waals surface area contributed by atoms with Crippen molar-refractivity contribution in [1.29, 1.82) is 0 Å². The Kier molecular flexibility index (Phi) is 6.15. The molecule has 4 rings (SSSR count). The van der Waals surface area contributed by atoms with E-state index in [9.17, 15) is 23.3 Å². The zero-order chi connectivity index (χ0) is 23.8. The van der Waals surface area contributed by atoms with E-state index in [1.165, 1.54) is 12.1 Å². The summed E-state index contributed by atoms with van der Waals surface area (Å²) >= 11 is 0. The number of carbonyl (C=O) groups excluding carboxylic acids is 1. The lowest BCUT2D eigenvalue weighted by molar-refractivity contribution is -0.385. The first-order valence-electron chi connectivity index (χ1n) is 10.7. The van der Waals surface area contributed by atoms with Crippen molar-refractivity contribution in [1.82, 2.24) is 0 Å². The van der Waals surface area contributed by atoms with Crippen LogP contribution in [0.1, 0.15) is 47.9 Å². The molecule has 0 atom stereocenters. The maximum absolute atomic E-state index is 13.7. The van der Waals surface area contributed by atoms with Gasteiger partial charge in [-0.2, -0.15) is 0 Å². The van der Waals surface area contributed by atoms with Crippen LogP contribution in [0.3, 0.4) is 0 Å². The number of hydrogen-bond acceptors (Lipinski definition) is 8. The number of fused-ring (bicyclic) bond motifs is 1. The molecule has 2 aliphatic rings. The molecule has 176 valence electrons. The number of hydrogen-bond donors (Lipinski definition) is 0. The minimum absolute atomic E-state index is 0.0310. The Morgan fingerprint density at radius 2 is 1.91 bits per heavy atom. The number of esters is 1. The van der Waals surface area contributed by atoms with E-state index in [2.05, 4.69) is 0 Å². The molecule has 0 aromatic heterocycles. The number of sulfone groups is 1. The third kappa shape index (κ3) is 4.08. The van der Waals surface area contributed by atoms with E-state index in [4.69, 9.17) is 14.2 Å². The average molecular weight is 476 g/mol. The molecule has 0 radical (unpaired) electrons. The summed E-state index contributed by atoms with van der Waals surface area (Å²) in [5.41, 5.74) is 1.94. The fraction of sp³-hybridized carbons (Fsp3) is 0.435. The summed E-state index contributed by atoms with van der Waals surface area (Å²) in [6, 6.07) is 7.76. The number of aryl methyl sites for hydroxylation is 2. The minimum Gasteiger partial charge on any atom is -0.467 e.